The van der Waals surface area contributed by atoms with Crippen LogP contribution in [0.2, 0.25) is 0 Å². The van der Waals surface area contributed by atoms with Crippen molar-refractivity contribution >= 4 is 23.1 Å². The molecule has 0 bridgehead atoms. The molecule has 0 saturated heterocycles. The Morgan fingerprint density at radius 2 is 2.07 bits per heavy atom. The molecule has 0 atom stereocenters. The lowest BCUT2D eigenvalue weighted by Gasteiger charge is -2.31. The summed E-state index contributed by atoms with van der Waals surface area (Å²) in [6.45, 7) is 7.84. The van der Waals surface area contributed by atoms with Gasteiger partial charge in [-0.15, -0.1) is 0 Å². The van der Waals surface area contributed by atoms with Gasteiger partial charge in [0, 0.05) is 18.6 Å². The normalized spacial score (nSPS) is 15.0. The summed E-state index contributed by atoms with van der Waals surface area (Å²) in [7, 11) is 2.05. The van der Waals surface area contributed by atoms with Crippen LogP contribution in [-0.4, -0.2) is 60.8 Å². The minimum absolute atomic E-state index is 0.00592. The number of amides is 1. The number of nitriles is 1. The largest absolute Gasteiger partial charge is 0.464 e. The summed E-state index contributed by atoms with van der Waals surface area (Å²) in [5.74, 6) is 0.331. The van der Waals surface area contributed by atoms with Crippen molar-refractivity contribution in [3.63, 3.8) is 0 Å². The molecule has 0 unspecified atom stereocenters. The van der Waals surface area contributed by atoms with Crippen molar-refractivity contribution in [2.75, 3.05) is 18.6 Å². The summed E-state index contributed by atoms with van der Waals surface area (Å²) >= 11 is 0. The molecule has 2 N–H and O–H groups in total. The first-order valence-electron chi connectivity index (χ1n) is 9.83. The van der Waals surface area contributed by atoms with Crippen LogP contribution in [-0.2, 0) is 6.54 Å². The number of carboxylic acid groups (broad SMARTS) is 1. The van der Waals surface area contributed by atoms with Crippen molar-refractivity contribution in [2.45, 2.75) is 64.6 Å². The van der Waals surface area contributed by atoms with E-state index in [9.17, 15) is 15.2 Å². The van der Waals surface area contributed by atoms with E-state index in [0.717, 1.165) is 32.2 Å². The Morgan fingerprint density at radius 3 is 2.66 bits per heavy atom. The topological polar surface area (TPSA) is 123 Å². The molecule has 156 valence electrons. The van der Waals surface area contributed by atoms with Gasteiger partial charge >= 0.3 is 6.09 Å². The molecule has 1 saturated carbocycles. The fraction of sp³-hybridized carbons (Fsp3) is 0.632. The lowest BCUT2D eigenvalue weighted by molar-refractivity contribution is 0.170. The van der Waals surface area contributed by atoms with Gasteiger partial charge in [0.05, 0.1) is 12.4 Å². The molecule has 1 aliphatic rings. The first-order chi connectivity index (χ1) is 13.7. The third kappa shape index (κ3) is 4.56. The highest BCUT2D eigenvalue weighted by atomic mass is 16.4. The molecule has 2 aromatic rings. The minimum atomic E-state index is -1.17. The van der Waals surface area contributed by atoms with Crippen LogP contribution < -0.4 is 10.4 Å². The fourth-order valence-electron chi connectivity index (χ4n) is 3.49. The molecular weight excluding hydrogens is 372 g/mol. The van der Waals surface area contributed by atoms with Crippen molar-refractivity contribution in [3.8, 4) is 6.07 Å². The number of carbonyl (C=O) groups is 1. The number of hydrazine groups is 1. The summed E-state index contributed by atoms with van der Waals surface area (Å²) < 4.78 is 1.89. The number of hydrogen-bond acceptors (Lipinski definition) is 7. The quantitative estimate of drug-likeness (QED) is 0.708. The highest BCUT2D eigenvalue weighted by molar-refractivity contribution is 5.85. The molecule has 3 rings (SSSR count). The average Bonchev–Trinajstić information content (AvgIpc) is 3.32. The second kappa shape index (κ2) is 8.21. The summed E-state index contributed by atoms with van der Waals surface area (Å²) in [5, 5.41) is 20.3. The maximum Gasteiger partial charge on any atom is 0.423 e. The van der Waals surface area contributed by atoms with Crippen LogP contribution >= 0.6 is 0 Å². The van der Waals surface area contributed by atoms with Crippen LogP contribution in [0.1, 0.15) is 52.3 Å². The van der Waals surface area contributed by atoms with Crippen molar-refractivity contribution in [1.29, 1.82) is 5.26 Å². The zero-order valence-corrected chi connectivity index (χ0v) is 17.4. The molecule has 2 aromatic heterocycles. The summed E-state index contributed by atoms with van der Waals surface area (Å²) in [6.07, 6.45) is 4.25. The minimum Gasteiger partial charge on any atom is -0.464 e. The van der Waals surface area contributed by atoms with Crippen molar-refractivity contribution in [2.24, 2.45) is 0 Å². The average molecular weight is 400 g/mol. The number of fused-ring (bicyclic) bond motifs is 1. The van der Waals surface area contributed by atoms with Gasteiger partial charge in [0.25, 0.3) is 0 Å². The Balaban J connectivity index is 2.00. The van der Waals surface area contributed by atoms with Gasteiger partial charge in [-0.25, -0.2) is 15.2 Å². The van der Waals surface area contributed by atoms with Crippen LogP contribution in [0.25, 0.3) is 11.2 Å². The van der Waals surface area contributed by atoms with Gasteiger partial charge in [0.1, 0.15) is 6.07 Å². The molecule has 10 nitrogen and oxygen atoms in total. The zero-order chi connectivity index (χ0) is 21.2. The molecule has 1 aliphatic carbocycles. The van der Waals surface area contributed by atoms with Gasteiger partial charge in [-0.1, -0.05) is 12.8 Å². The first-order valence-corrected chi connectivity index (χ1v) is 9.83. The Bertz CT molecular complexity index is 921. The van der Waals surface area contributed by atoms with E-state index in [0.29, 0.717) is 23.5 Å². The number of anilines is 1. The molecule has 0 spiro atoms. The lowest BCUT2D eigenvalue weighted by Crippen LogP contribution is -2.48. The van der Waals surface area contributed by atoms with Gasteiger partial charge in [0.2, 0.25) is 5.82 Å². The predicted octanol–water partition coefficient (Wildman–Crippen LogP) is 2.36. The van der Waals surface area contributed by atoms with Gasteiger partial charge < -0.3 is 9.67 Å². The van der Waals surface area contributed by atoms with Crippen molar-refractivity contribution in [1.82, 2.24) is 29.8 Å². The lowest BCUT2D eigenvalue weighted by atomic mass is 10.1. The number of imidazole rings is 1. The molecule has 0 radical (unpaired) electrons. The van der Waals surface area contributed by atoms with E-state index in [-0.39, 0.29) is 17.4 Å². The van der Waals surface area contributed by atoms with Crippen LogP contribution in [0.5, 0.6) is 0 Å². The monoisotopic (exact) mass is 400 g/mol. The summed E-state index contributed by atoms with van der Waals surface area (Å²) in [6, 6.07) is 1.97. The van der Waals surface area contributed by atoms with E-state index in [4.69, 9.17) is 0 Å². The number of nitrogens with one attached hydrogen (secondary N) is 1. The Morgan fingerprint density at radius 1 is 1.38 bits per heavy atom. The molecule has 0 aromatic carbocycles. The van der Waals surface area contributed by atoms with E-state index in [2.05, 4.69) is 53.1 Å². The van der Waals surface area contributed by atoms with E-state index < -0.39 is 6.09 Å². The number of nitrogens with zero attached hydrogens (tertiary/aromatic N) is 7. The van der Waals surface area contributed by atoms with E-state index in [1.165, 1.54) is 0 Å². The smallest absolute Gasteiger partial charge is 0.423 e. The second-order valence-electron chi connectivity index (χ2n) is 8.41. The number of hydrogen-bond donors (Lipinski definition) is 2. The molecule has 10 heteroatoms. The number of likely N-dealkylation sites (N-methyl/N-ethyl adjacent to an activating group) is 1. The van der Waals surface area contributed by atoms with Gasteiger partial charge in [-0.05, 0) is 40.7 Å². The zero-order valence-electron chi connectivity index (χ0n) is 17.4. The third-order valence-electron chi connectivity index (χ3n) is 5.50. The summed E-state index contributed by atoms with van der Waals surface area (Å²) in [4.78, 5) is 26.8. The Hall–Kier alpha value is -2.93. The van der Waals surface area contributed by atoms with Gasteiger partial charge in [-0.3, -0.25) is 9.91 Å². The fourth-order valence-corrected chi connectivity index (χ4v) is 3.49. The molecule has 1 amide bonds. The predicted molar refractivity (Wildman–Crippen MR) is 108 cm³/mol. The Labute approximate surface area is 170 Å². The highest BCUT2D eigenvalue weighted by Crippen LogP contribution is 2.29. The first kappa shape index (κ1) is 20.8. The molecule has 2 heterocycles. The van der Waals surface area contributed by atoms with E-state index in [1.54, 1.807) is 11.3 Å². The number of rotatable bonds is 6. The van der Waals surface area contributed by atoms with Crippen LogP contribution in [0.3, 0.4) is 0 Å². The van der Waals surface area contributed by atoms with Crippen molar-refractivity contribution < 1.29 is 9.90 Å². The van der Waals surface area contributed by atoms with Crippen LogP contribution in [0.4, 0.5) is 10.6 Å². The van der Waals surface area contributed by atoms with Crippen LogP contribution in [0.15, 0.2) is 6.33 Å². The second-order valence-corrected chi connectivity index (χ2v) is 8.41. The van der Waals surface area contributed by atoms with Gasteiger partial charge in [-0.2, -0.15) is 15.2 Å². The molecular formula is C19H28N8O2. The van der Waals surface area contributed by atoms with E-state index >= 15 is 0 Å². The highest BCUT2D eigenvalue weighted by Gasteiger charge is 2.29. The Kier molecular flexibility index (Phi) is 5.88. The third-order valence-corrected chi connectivity index (χ3v) is 5.50. The maximum absolute atomic E-state index is 11.4. The summed E-state index contributed by atoms with van der Waals surface area (Å²) in [5.41, 5.74) is 3.50. The molecule has 29 heavy (non-hydrogen) atoms. The molecule has 0 aliphatic heterocycles. The van der Waals surface area contributed by atoms with E-state index in [1.807, 2.05) is 10.6 Å². The number of aromatic nitrogens is 4. The molecule has 1 fully saturated rings. The SMILES string of the molecule is CN(CCn1cnc2c(N(NC(=O)O)C3CCCC3)nc(C#N)nc21)C(C)(C)C. The van der Waals surface area contributed by atoms with Gasteiger partial charge in [0.15, 0.2) is 17.0 Å². The standard InChI is InChI=1S/C19H28N8O2/c1-19(2,3)25(4)9-10-26-12-21-15-16(26)22-14(11-20)23-17(15)27(24-18(28)29)13-7-5-6-8-13/h12-13,24H,5-10H2,1-4H3,(H,28,29). The maximum atomic E-state index is 11.4. The van der Waals surface area contributed by atoms with Crippen LogP contribution in [0, 0.1) is 11.3 Å². The van der Waals surface area contributed by atoms with Crippen molar-refractivity contribution in [3.05, 3.63) is 12.2 Å².